The van der Waals surface area contributed by atoms with Crippen LogP contribution in [0.4, 0.5) is 11.4 Å². The molecule has 0 unspecified atom stereocenters. The number of hydrogen-bond donors (Lipinski definition) is 4. The van der Waals surface area contributed by atoms with Gasteiger partial charge in [0, 0.05) is 5.69 Å². The van der Waals surface area contributed by atoms with Crippen molar-refractivity contribution < 1.29 is 29.0 Å². The summed E-state index contributed by atoms with van der Waals surface area (Å²) in [6, 6.07) is 21.4. The van der Waals surface area contributed by atoms with Crippen LogP contribution in [0.5, 0.6) is 5.75 Å². The highest BCUT2D eigenvalue weighted by Crippen LogP contribution is 2.17. The summed E-state index contributed by atoms with van der Waals surface area (Å²) in [5.74, 6) is -3.22. The predicted molar refractivity (Wildman–Crippen MR) is 125 cm³/mol. The Morgan fingerprint density at radius 1 is 0.824 bits per heavy atom. The van der Waals surface area contributed by atoms with Gasteiger partial charge in [-0.1, -0.05) is 30.3 Å². The summed E-state index contributed by atoms with van der Waals surface area (Å²) < 4.78 is 5.02. The van der Waals surface area contributed by atoms with Crippen LogP contribution in [-0.4, -0.2) is 41.6 Å². The van der Waals surface area contributed by atoms with Crippen molar-refractivity contribution in [1.29, 1.82) is 0 Å². The zero-order valence-electron chi connectivity index (χ0n) is 17.7. The molecule has 0 aliphatic rings. The van der Waals surface area contributed by atoms with E-state index in [9.17, 15) is 19.2 Å². The molecular weight excluding hydrogens is 440 g/mol. The van der Waals surface area contributed by atoms with Crippen LogP contribution in [0.2, 0.25) is 0 Å². The van der Waals surface area contributed by atoms with Gasteiger partial charge in [0.1, 0.15) is 5.75 Å². The van der Waals surface area contributed by atoms with Crippen LogP contribution in [0.1, 0.15) is 15.9 Å². The number of nitrogens with zero attached hydrogens (tertiary/aromatic N) is 1. The van der Waals surface area contributed by atoms with Crippen LogP contribution in [0.25, 0.3) is 0 Å². The normalized spacial score (nSPS) is 10.4. The average molecular weight is 460 g/mol. The van der Waals surface area contributed by atoms with Crippen molar-refractivity contribution in [3.63, 3.8) is 0 Å². The monoisotopic (exact) mass is 460 g/mol. The molecule has 0 aromatic heterocycles. The number of rotatable bonds is 8. The van der Waals surface area contributed by atoms with Crippen LogP contribution < -0.4 is 20.8 Å². The van der Waals surface area contributed by atoms with Crippen LogP contribution in [0.3, 0.4) is 0 Å². The Labute approximate surface area is 194 Å². The molecule has 0 radical (unpaired) electrons. The summed E-state index contributed by atoms with van der Waals surface area (Å²) in [5.41, 5.74) is 3.61. The largest absolute Gasteiger partial charge is 0.482 e. The molecule has 0 atom stereocenters. The number of amides is 3. The van der Waals surface area contributed by atoms with Crippen LogP contribution in [-0.2, 0) is 14.4 Å². The summed E-state index contributed by atoms with van der Waals surface area (Å²) >= 11 is 0. The molecule has 34 heavy (non-hydrogen) atoms. The molecule has 10 nitrogen and oxygen atoms in total. The van der Waals surface area contributed by atoms with Crippen LogP contribution in [0.15, 0.2) is 84.0 Å². The second-order valence-corrected chi connectivity index (χ2v) is 6.77. The number of carbonyl (C=O) groups is 4. The third kappa shape index (κ3) is 7.02. The lowest BCUT2D eigenvalue weighted by atomic mass is 10.1. The molecule has 0 heterocycles. The summed E-state index contributed by atoms with van der Waals surface area (Å²) in [6.45, 7) is -0.463. The Hall–Kier alpha value is -4.99. The fraction of sp³-hybridized carbons (Fsp3) is 0.0417. The molecule has 0 bridgehead atoms. The van der Waals surface area contributed by atoms with Crippen molar-refractivity contribution in [2.75, 3.05) is 17.2 Å². The molecule has 3 aromatic carbocycles. The molecule has 0 fully saturated rings. The van der Waals surface area contributed by atoms with Gasteiger partial charge in [0.15, 0.2) is 6.61 Å². The SMILES string of the molecule is O=C(O)COc1ccc(C=NNC(=O)C(=O)Nc2ccccc2C(=O)Nc2ccccc2)cc1. The molecule has 0 aliphatic carbocycles. The maximum absolute atomic E-state index is 12.6. The van der Waals surface area contributed by atoms with Crippen molar-refractivity contribution in [1.82, 2.24) is 5.43 Å². The van der Waals surface area contributed by atoms with E-state index >= 15 is 0 Å². The highest BCUT2D eigenvalue weighted by molar-refractivity contribution is 6.40. The first-order valence-electron chi connectivity index (χ1n) is 9.97. The third-order valence-corrected chi connectivity index (χ3v) is 4.28. The number of carboxylic acid groups (broad SMARTS) is 1. The quantitative estimate of drug-likeness (QED) is 0.231. The van der Waals surface area contributed by atoms with Crippen LogP contribution >= 0.6 is 0 Å². The molecule has 3 rings (SSSR count). The van der Waals surface area contributed by atoms with Gasteiger partial charge in [-0.2, -0.15) is 5.10 Å². The zero-order chi connectivity index (χ0) is 24.3. The Kier molecular flexibility index (Phi) is 8.06. The van der Waals surface area contributed by atoms with E-state index in [2.05, 4.69) is 21.2 Å². The van der Waals surface area contributed by atoms with Crippen molar-refractivity contribution in [2.45, 2.75) is 0 Å². The van der Waals surface area contributed by atoms with E-state index in [1.54, 1.807) is 48.5 Å². The summed E-state index contributed by atoms with van der Waals surface area (Å²) in [5, 5.41) is 17.4. The number of carboxylic acids is 1. The smallest absolute Gasteiger partial charge is 0.341 e. The minimum atomic E-state index is -1.09. The third-order valence-electron chi connectivity index (χ3n) is 4.28. The Morgan fingerprint density at radius 2 is 1.50 bits per heavy atom. The van der Waals surface area contributed by atoms with Gasteiger partial charge < -0.3 is 20.5 Å². The highest BCUT2D eigenvalue weighted by Gasteiger charge is 2.17. The van der Waals surface area contributed by atoms with Crippen LogP contribution in [0, 0.1) is 0 Å². The van der Waals surface area contributed by atoms with Gasteiger partial charge in [0.05, 0.1) is 17.5 Å². The fourth-order valence-corrected chi connectivity index (χ4v) is 2.70. The van der Waals surface area contributed by atoms with Crippen molar-refractivity contribution >= 4 is 41.3 Å². The highest BCUT2D eigenvalue weighted by atomic mass is 16.5. The molecule has 4 N–H and O–H groups in total. The van der Waals surface area contributed by atoms with Gasteiger partial charge in [-0.3, -0.25) is 14.4 Å². The van der Waals surface area contributed by atoms with Gasteiger partial charge in [-0.15, -0.1) is 0 Å². The summed E-state index contributed by atoms with van der Waals surface area (Å²) in [7, 11) is 0. The minimum absolute atomic E-state index is 0.164. The lowest BCUT2D eigenvalue weighted by molar-refractivity contribution is -0.139. The number of carbonyl (C=O) groups excluding carboxylic acids is 3. The van der Waals surface area contributed by atoms with E-state index in [1.165, 1.54) is 30.5 Å². The molecule has 0 saturated heterocycles. The number of aliphatic carboxylic acids is 1. The number of nitrogens with one attached hydrogen (secondary N) is 3. The number of anilines is 2. The number of para-hydroxylation sites is 2. The maximum Gasteiger partial charge on any atom is 0.341 e. The van der Waals surface area contributed by atoms with Crippen molar-refractivity contribution in [3.8, 4) is 5.75 Å². The first kappa shape index (κ1) is 23.7. The summed E-state index contributed by atoms with van der Waals surface area (Å²) in [4.78, 5) is 47.5. The Morgan fingerprint density at radius 3 is 2.21 bits per heavy atom. The molecule has 0 aliphatic heterocycles. The van der Waals surface area contributed by atoms with Gasteiger partial charge in [-0.25, -0.2) is 10.2 Å². The molecular formula is C24H20N4O6. The molecule has 10 heteroatoms. The number of hydrazone groups is 1. The first-order valence-corrected chi connectivity index (χ1v) is 9.97. The standard InChI is InChI=1S/C24H20N4O6/c29-21(30)15-34-18-12-10-16(11-13-18)14-25-28-24(33)23(32)27-20-9-5-4-8-19(20)22(31)26-17-6-2-1-3-7-17/h1-14H,15H2,(H,26,31)(H,27,32)(H,28,33)(H,29,30). The average Bonchev–Trinajstić information content (AvgIpc) is 2.84. The lowest BCUT2D eigenvalue weighted by Crippen LogP contribution is -2.33. The Balaban J connectivity index is 1.56. The Bertz CT molecular complexity index is 1210. The van der Waals surface area contributed by atoms with E-state index in [0.717, 1.165) is 0 Å². The lowest BCUT2D eigenvalue weighted by Gasteiger charge is -2.11. The van der Waals surface area contributed by atoms with Gasteiger partial charge >= 0.3 is 17.8 Å². The van der Waals surface area contributed by atoms with E-state index in [4.69, 9.17) is 9.84 Å². The number of ether oxygens (including phenoxy) is 1. The molecule has 0 spiro atoms. The van der Waals surface area contributed by atoms with E-state index in [-0.39, 0.29) is 11.3 Å². The molecule has 3 amide bonds. The van der Waals surface area contributed by atoms with Crippen molar-refractivity contribution in [3.05, 3.63) is 90.0 Å². The van der Waals surface area contributed by atoms with Gasteiger partial charge in [0.25, 0.3) is 5.91 Å². The van der Waals surface area contributed by atoms with E-state index in [1.807, 2.05) is 6.07 Å². The van der Waals surface area contributed by atoms with Gasteiger partial charge in [0.2, 0.25) is 0 Å². The number of benzene rings is 3. The minimum Gasteiger partial charge on any atom is -0.482 e. The van der Waals surface area contributed by atoms with Gasteiger partial charge in [-0.05, 0) is 54.1 Å². The second-order valence-electron chi connectivity index (χ2n) is 6.77. The first-order chi connectivity index (χ1) is 16.4. The molecule has 3 aromatic rings. The number of hydrogen-bond acceptors (Lipinski definition) is 6. The fourth-order valence-electron chi connectivity index (χ4n) is 2.70. The topological polar surface area (TPSA) is 146 Å². The van der Waals surface area contributed by atoms with E-state index < -0.39 is 30.3 Å². The zero-order valence-corrected chi connectivity index (χ0v) is 17.7. The van der Waals surface area contributed by atoms with E-state index in [0.29, 0.717) is 17.0 Å². The maximum atomic E-state index is 12.6. The summed E-state index contributed by atoms with van der Waals surface area (Å²) in [6.07, 6.45) is 1.30. The predicted octanol–water partition coefficient (Wildman–Crippen LogP) is 2.49. The van der Waals surface area contributed by atoms with Crippen molar-refractivity contribution in [2.24, 2.45) is 5.10 Å². The molecule has 0 saturated carbocycles. The second kappa shape index (κ2) is 11.6. The molecule has 172 valence electrons.